The number of ketones is 1. The predicted octanol–water partition coefficient (Wildman–Crippen LogP) is 4.64. The Morgan fingerprint density at radius 2 is 1.64 bits per heavy atom. The largest absolute Gasteiger partial charge is 0.496 e. The fourth-order valence-electron chi connectivity index (χ4n) is 5.13. The number of rotatable bonds is 6. The molecular formula is C31H30N6O2. The SMILES string of the molecule is COc1cc(-c2nc(-c3ccc(N4CCN(C)CC4)cc3)n3ccnc(N)c23)ccc1C(=O)c1ccccc1. The lowest BCUT2D eigenvalue weighted by Gasteiger charge is -2.34. The normalized spacial score (nSPS) is 14.1. The van der Waals surface area contributed by atoms with Gasteiger partial charge in [-0.1, -0.05) is 36.4 Å². The first kappa shape index (κ1) is 24.6. The van der Waals surface area contributed by atoms with Gasteiger partial charge in [-0.15, -0.1) is 0 Å². The van der Waals surface area contributed by atoms with E-state index in [9.17, 15) is 4.79 Å². The van der Waals surface area contributed by atoms with Crippen molar-refractivity contribution >= 4 is 22.8 Å². The molecule has 2 N–H and O–H groups in total. The molecule has 8 nitrogen and oxygen atoms in total. The van der Waals surface area contributed by atoms with Gasteiger partial charge in [0.25, 0.3) is 0 Å². The Balaban J connectivity index is 1.39. The average molecular weight is 519 g/mol. The molecule has 196 valence electrons. The smallest absolute Gasteiger partial charge is 0.196 e. The number of aromatic nitrogens is 3. The number of ether oxygens (including phenoxy) is 1. The zero-order valence-electron chi connectivity index (χ0n) is 22.0. The van der Waals surface area contributed by atoms with Gasteiger partial charge in [-0.2, -0.15) is 0 Å². The molecule has 0 unspecified atom stereocenters. The molecule has 2 aromatic heterocycles. The fraction of sp³-hybridized carbons (Fsp3) is 0.194. The standard InChI is InChI=1S/C31H30N6O2/c1-35-16-18-36(19-17-35)24-11-8-22(9-12-24)31-34-27(28-30(32)33-14-15-37(28)31)23-10-13-25(26(20-23)39-2)29(38)21-6-4-3-5-7-21/h3-15,20H,16-19H2,1-2H3,(H2,32,33). The number of likely N-dealkylation sites (N-methyl/N-ethyl adjacent to an activating group) is 1. The summed E-state index contributed by atoms with van der Waals surface area (Å²) >= 11 is 0. The number of fused-ring (bicyclic) bond motifs is 1. The topological polar surface area (TPSA) is 89.0 Å². The Kier molecular flexibility index (Phi) is 6.46. The van der Waals surface area contributed by atoms with E-state index >= 15 is 0 Å². The van der Waals surface area contributed by atoms with Crippen LogP contribution >= 0.6 is 0 Å². The van der Waals surface area contributed by atoms with E-state index in [2.05, 4.69) is 46.1 Å². The molecule has 0 aliphatic carbocycles. The van der Waals surface area contributed by atoms with Crippen LogP contribution in [0.5, 0.6) is 5.75 Å². The minimum Gasteiger partial charge on any atom is -0.496 e. The summed E-state index contributed by atoms with van der Waals surface area (Å²) in [4.78, 5) is 27.3. The van der Waals surface area contributed by atoms with Gasteiger partial charge in [-0.05, 0) is 43.4 Å². The molecule has 0 radical (unpaired) electrons. The molecule has 3 aromatic carbocycles. The number of nitrogen functional groups attached to an aromatic ring is 1. The molecule has 6 rings (SSSR count). The van der Waals surface area contributed by atoms with Gasteiger partial charge in [0, 0.05) is 61.0 Å². The highest BCUT2D eigenvalue weighted by atomic mass is 16.5. The Morgan fingerprint density at radius 1 is 0.923 bits per heavy atom. The third kappa shape index (κ3) is 4.59. The highest BCUT2D eigenvalue weighted by molar-refractivity contribution is 6.11. The van der Waals surface area contributed by atoms with E-state index in [-0.39, 0.29) is 5.78 Å². The van der Waals surface area contributed by atoms with Crippen molar-refractivity contribution in [3.05, 3.63) is 96.3 Å². The van der Waals surface area contributed by atoms with Gasteiger partial charge in [0.1, 0.15) is 28.6 Å². The maximum absolute atomic E-state index is 13.2. The summed E-state index contributed by atoms with van der Waals surface area (Å²) in [6.07, 6.45) is 3.55. The maximum Gasteiger partial charge on any atom is 0.196 e. The van der Waals surface area contributed by atoms with Gasteiger partial charge in [0.05, 0.1) is 12.7 Å². The molecule has 0 bridgehead atoms. The molecule has 39 heavy (non-hydrogen) atoms. The van der Waals surface area contributed by atoms with Crippen molar-refractivity contribution in [3.63, 3.8) is 0 Å². The summed E-state index contributed by atoms with van der Waals surface area (Å²) in [6.45, 7) is 4.14. The minimum atomic E-state index is -0.101. The van der Waals surface area contributed by atoms with Gasteiger partial charge in [-0.25, -0.2) is 9.97 Å². The number of methoxy groups -OCH3 is 1. The summed E-state index contributed by atoms with van der Waals surface area (Å²) < 4.78 is 7.62. The number of imidazole rings is 1. The van der Waals surface area contributed by atoms with Crippen LogP contribution in [0.3, 0.4) is 0 Å². The average Bonchev–Trinajstić information content (AvgIpc) is 3.38. The van der Waals surface area contributed by atoms with E-state index in [4.69, 9.17) is 15.5 Å². The highest BCUT2D eigenvalue weighted by Gasteiger charge is 2.21. The van der Waals surface area contributed by atoms with Crippen LogP contribution in [0, 0.1) is 0 Å². The number of carbonyl (C=O) groups is 1. The van der Waals surface area contributed by atoms with Crippen molar-refractivity contribution in [2.45, 2.75) is 0 Å². The number of hydrogen-bond acceptors (Lipinski definition) is 7. The van der Waals surface area contributed by atoms with E-state index < -0.39 is 0 Å². The van der Waals surface area contributed by atoms with Crippen LogP contribution in [0.25, 0.3) is 28.2 Å². The molecule has 1 fully saturated rings. The molecule has 0 saturated carbocycles. The molecule has 1 saturated heterocycles. The van der Waals surface area contributed by atoms with Gasteiger partial charge < -0.3 is 20.3 Å². The lowest BCUT2D eigenvalue weighted by molar-refractivity contribution is 0.103. The molecule has 8 heteroatoms. The number of nitrogens with zero attached hydrogens (tertiary/aromatic N) is 5. The zero-order chi connectivity index (χ0) is 26.9. The third-order valence-corrected chi connectivity index (χ3v) is 7.33. The van der Waals surface area contributed by atoms with E-state index in [0.717, 1.165) is 43.1 Å². The van der Waals surface area contributed by atoms with Gasteiger partial charge in [0.2, 0.25) is 0 Å². The first-order valence-corrected chi connectivity index (χ1v) is 13.0. The molecule has 0 amide bonds. The second kappa shape index (κ2) is 10.2. The number of carbonyl (C=O) groups excluding carboxylic acids is 1. The van der Waals surface area contributed by atoms with Crippen LogP contribution < -0.4 is 15.4 Å². The number of nitrogens with two attached hydrogens (primary N) is 1. The second-order valence-corrected chi connectivity index (χ2v) is 9.76. The van der Waals surface area contributed by atoms with Crippen molar-refractivity contribution < 1.29 is 9.53 Å². The highest BCUT2D eigenvalue weighted by Crippen LogP contribution is 2.35. The summed E-state index contributed by atoms with van der Waals surface area (Å²) in [7, 11) is 3.72. The summed E-state index contributed by atoms with van der Waals surface area (Å²) in [5.41, 5.74) is 11.8. The van der Waals surface area contributed by atoms with Crippen molar-refractivity contribution in [3.8, 4) is 28.4 Å². The lowest BCUT2D eigenvalue weighted by Crippen LogP contribution is -2.44. The molecule has 1 aliphatic rings. The monoisotopic (exact) mass is 518 g/mol. The zero-order valence-corrected chi connectivity index (χ0v) is 22.0. The molecule has 0 atom stereocenters. The van der Waals surface area contributed by atoms with Crippen molar-refractivity contribution in [2.24, 2.45) is 0 Å². The van der Waals surface area contributed by atoms with Crippen LogP contribution in [0.4, 0.5) is 11.5 Å². The third-order valence-electron chi connectivity index (χ3n) is 7.33. The second-order valence-electron chi connectivity index (χ2n) is 9.76. The summed E-state index contributed by atoms with van der Waals surface area (Å²) in [6, 6.07) is 23.2. The van der Waals surface area contributed by atoms with Crippen LogP contribution in [-0.2, 0) is 0 Å². The molecule has 1 aliphatic heterocycles. The molecule has 5 aromatic rings. The Bertz CT molecular complexity index is 1640. The Morgan fingerprint density at radius 3 is 2.36 bits per heavy atom. The predicted molar refractivity (Wildman–Crippen MR) is 154 cm³/mol. The number of benzene rings is 3. The first-order chi connectivity index (χ1) is 19.0. The van der Waals surface area contributed by atoms with E-state index in [0.29, 0.717) is 33.9 Å². The first-order valence-electron chi connectivity index (χ1n) is 13.0. The molecular weight excluding hydrogens is 488 g/mol. The van der Waals surface area contributed by atoms with Crippen molar-refractivity contribution in [2.75, 3.05) is 51.0 Å². The quantitative estimate of drug-likeness (QED) is 0.328. The van der Waals surface area contributed by atoms with Crippen LogP contribution in [0.15, 0.2) is 85.2 Å². The van der Waals surface area contributed by atoms with Crippen LogP contribution in [-0.4, -0.2) is 65.4 Å². The fourth-order valence-corrected chi connectivity index (χ4v) is 5.13. The Hall–Kier alpha value is -4.69. The van der Waals surface area contributed by atoms with Gasteiger partial charge in [-0.3, -0.25) is 9.20 Å². The van der Waals surface area contributed by atoms with Crippen LogP contribution in [0.2, 0.25) is 0 Å². The Labute approximate surface area is 227 Å². The number of piperazine rings is 1. The van der Waals surface area contributed by atoms with Crippen LogP contribution in [0.1, 0.15) is 15.9 Å². The molecule has 0 spiro atoms. The maximum atomic E-state index is 13.2. The molecule has 3 heterocycles. The number of hydrogen-bond donors (Lipinski definition) is 1. The summed E-state index contributed by atoms with van der Waals surface area (Å²) in [5.74, 6) is 1.52. The minimum absolute atomic E-state index is 0.101. The summed E-state index contributed by atoms with van der Waals surface area (Å²) in [5, 5.41) is 0. The van der Waals surface area contributed by atoms with E-state index in [1.54, 1.807) is 31.5 Å². The van der Waals surface area contributed by atoms with Crippen molar-refractivity contribution in [1.82, 2.24) is 19.3 Å². The van der Waals surface area contributed by atoms with E-state index in [1.807, 2.05) is 40.9 Å². The van der Waals surface area contributed by atoms with Gasteiger partial charge >= 0.3 is 0 Å². The van der Waals surface area contributed by atoms with Crippen molar-refractivity contribution in [1.29, 1.82) is 0 Å². The van der Waals surface area contributed by atoms with Gasteiger partial charge in [0.15, 0.2) is 5.78 Å². The van der Waals surface area contributed by atoms with E-state index in [1.165, 1.54) is 5.69 Å². The number of anilines is 2. The lowest BCUT2D eigenvalue weighted by atomic mass is 10.00.